The van der Waals surface area contributed by atoms with Crippen LogP contribution in [-0.4, -0.2) is 52.8 Å². The maximum absolute atomic E-state index is 13.2. The van der Waals surface area contributed by atoms with Gasteiger partial charge in [-0.05, 0) is 61.2 Å². The van der Waals surface area contributed by atoms with Gasteiger partial charge >= 0.3 is 0 Å². The number of aromatic nitrogens is 3. The topological polar surface area (TPSA) is 112 Å². The van der Waals surface area contributed by atoms with Crippen molar-refractivity contribution in [2.45, 2.75) is 38.1 Å². The van der Waals surface area contributed by atoms with Crippen LogP contribution in [-0.2, 0) is 17.6 Å². The van der Waals surface area contributed by atoms with E-state index in [0.717, 1.165) is 18.4 Å². The van der Waals surface area contributed by atoms with Gasteiger partial charge in [0.05, 0.1) is 12.6 Å². The Balaban J connectivity index is 1.48. The number of rotatable bonds is 1. The molecule has 4 heterocycles. The van der Waals surface area contributed by atoms with Crippen LogP contribution in [0.25, 0.3) is 0 Å². The largest absolute Gasteiger partial charge is 0.494 e. The molecule has 2 aliphatic rings. The van der Waals surface area contributed by atoms with Crippen LogP contribution in [0, 0.1) is 0 Å². The second-order valence-electron chi connectivity index (χ2n) is 9.08. The van der Waals surface area contributed by atoms with Gasteiger partial charge in [0, 0.05) is 50.1 Å². The summed E-state index contributed by atoms with van der Waals surface area (Å²) in [7, 11) is 0. The number of amides is 1. The standard InChI is InChI=1S/C27H28N4O5/c32-22-5-6-23-15-18(14-22)13-20-3-1-4-24(29-20)25(33)16-19-17-31(21-7-11-35-12-8-21)30-26(19)27(34)28-9-2-10-36-23/h1,3-6,14-15,17,21H,2,7-13,16H2,(H,28,34). The second-order valence-corrected chi connectivity index (χ2v) is 9.08. The number of ketones is 1. The molecule has 0 spiro atoms. The normalized spacial score (nSPS) is 17.4. The lowest BCUT2D eigenvalue weighted by Gasteiger charge is -2.22. The monoisotopic (exact) mass is 488 g/mol. The zero-order valence-electron chi connectivity index (χ0n) is 19.9. The SMILES string of the molecule is O=C1Cc2cn(C3CCOCC3)nc2C(=O)NCCCOc2ccc(=O)cc(c2)Cc2cccc1n2. The molecule has 0 unspecified atom stereocenters. The zero-order chi connectivity index (χ0) is 24.9. The van der Waals surface area contributed by atoms with Gasteiger partial charge in [-0.25, -0.2) is 4.98 Å². The molecule has 4 bridgehead atoms. The lowest BCUT2D eigenvalue weighted by molar-refractivity contribution is 0.0660. The van der Waals surface area contributed by atoms with E-state index in [1.807, 2.05) is 18.3 Å². The first kappa shape index (κ1) is 23.9. The number of nitrogens with zero attached hydrogens (tertiary/aromatic N) is 3. The highest BCUT2D eigenvalue weighted by molar-refractivity contribution is 5.99. The summed E-state index contributed by atoms with van der Waals surface area (Å²) < 4.78 is 13.1. The van der Waals surface area contributed by atoms with Gasteiger partial charge in [-0.15, -0.1) is 0 Å². The van der Waals surface area contributed by atoms with Crippen LogP contribution < -0.4 is 15.5 Å². The summed E-state index contributed by atoms with van der Waals surface area (Å²) >= 11 is 0. The molecule has 5 rings (SSSR count). The minimum absolute atomic E-state index is 0.0146. The third-order valence-electron chi connectivity index (χ3n) is 6.36. The molecule has 3 aromatic rings. The molecule has 9 heteroatoms. The van der Waals surface area contributed by atoms with Crippen LogP contribution in [0.4, 0.5) is 0 Å². The molecule has 1 fully saturated rings. The third-order valence-corrected chi connectivity index (χ3v) is 6.36. The summed E-state index contributed by atoms with van der Waals surface area (Å²) in [5.41, 5.74) is 2.42. The third kappa shape index (κ3) is 5.68. The maximum Gasteiger partial charge on any atom is 0.272 e. The van der Waals surface area contributed by atoms with Crippen LogP contribution in [0.2, 0.25) is 0 Å². The van der Waals surface area contributed by atoms with Crippen molar-refractivity contribution in [3.8, 4) is 5.75 Å². The fourth-order valence-electron chi connectivity index (χ4n) is 4.50. The van der Waals surface area contributed by atoms with E-state index in [4.69, 9.17) is 9.47 Å². The number of pyridine rings is 1. The number of hydrogen-bond donors (Lipinski definition) is 1. The number of Topliss-reactive ketones (excluding diaryl/α,β-unsaturated/α-hetero) is 1. The van der Waals surface area contributed by atoms with E-state index in [2.05, 4.69) is 15.4 Å². The van der Waals surface area contributed by atoms with E-state index in [1.54, 1.807) is 28.9 Å². The van der Waals surface area contributed by atoms with Gasteiger partial charge in [0.15, 0.2) is 16.9 Å². The Morgan fingerprint density at radius 3 is 2.69 bits per heavy atom. The van der Waals surface area contributed by atoms with Gasteiger partial charge in [0.1, 0.15) is 11.4 Å². The zero-order valence-corrected chi connectivity index (χ0v) is 19.9. The van der Waals surface area contributed by atoms with Crippen molar-refractivity contribution >= 4 is 11.7 Å². The van der Waals surface area contributed by atoms with Crippen LogP contribution in [0.3, 0.4) is 0 Å². The Kier molecular flexibility index (Phi) is 7.18. The van der Waals surface area contributed by atoms with Crippen molar-refractivity contribution in [2.24, 2.45) is 0 Å². The first-order valence-corrected chi connectivity index (χ1v) is 12.3. The average molecular weight is 489 g/mol. The molecule has 186 valence electrons. The lowest BCUT2D eigenvalue weighted by Crippen LogP contribution is -2.27. The van der Waals surface area contributed by atoms with Gasteiger partial charge in [-0.3, -0.25) is 19.1 Å². The minimum Gasteiger partial charge on any atom is -0.494 e. The number of hydrogen-bond acceptors (Lipinski definition) is 7. The predicted octanol–water partition coefficient (Wildman–Crippen LogP) is 2.52. The fourth-order valence-corrected chi connectivity index (χ4v) is 4.50. The van der Waals surface area contributed by atoms with Crippen molar-refractivity contribution in [1.82, 2.24) is 20.1 Å². The summed E-state index contributed by atoms with van der Waals surface area (Å²) in [6.07, 6.45) is 4.39. The number of nitrogens with one attached hydrogen (secondary N) is 1. The first-order chi connectivity index (χ1) is 17.5. The number of ether oxygens (including phenoxy) is 2. The summed E-state index contributed by atoms with van der Waals surface area (Å²) in [6, 6.07) is 11.9. The van der Waals surface area contributed by atoms with Crippen LogP contribution in [0.5, 0.6) is 5.75 Å². The van der Waals surface area contributed by atoms with E-state index in [9.17, 15) is 14.4 Å². The highest BCUT2D eigenvalue weighted by Gasteiger charge is 2.24. The molecule has 1 saturated heterocycles. The van der Waals surface area contributed by atoms with Crippen molar-refractivity contribution in [2.75, 3.05) is 26.4 Å². The molecule has 0 radical (unpaired) electrons. The Bertz CT molecular complexity index is 1330. The summed E-state index contributed by atoms with van der Waals surface area (Å²) in [5.74, 6) is 0.0420. The summed E-state index contributed by atoms with van der Waals surface area (Å²) in [6.45, 7) is 2.04. The molecule has 0 atom stereocenters. The van der Waals surface area contributed by atoms with Crippen LogP contribution in [0.15, 0.2) is 53.5 Å². The fraction of sp³-hybridized carbons (Fsp3) is 0.370. The smallest absolute Gasteiger partial charge is 0.272 e. The van der Waals surface area contributed by atoms with E-state index in [0.29, 0.717) is 61.9 Å². The molecular weight excluding hydrogens is 460 g/mol. The predicted molar refractivity (Wildman–Crippen MR) is 132 cm³/mol. The minimum atomic E-state index is -0.320. The van der Waals surface area contributed by atoms with E-state index >= 15 is 0 Å². The Morgan fingerprint density at radius 2 is 1.83 bits per heavy atom. The molecule has 1 amide bonds. The van der Waals surface area contributed by atoms with Crippen molar-refractivity contribution < 1.29 is 19.1 Å². The second kappa shape index (κ2) is 10.8. The molecule has 1 aromatic carbocycles. The molecule has 0 saturated carbocycles. The molecular formula is C27H28N4O5. The Hall–Kier alpha value is -3.85. The van der Waals surface area contributed by atoms with E-state index in [-0.39, 0.29) is 35.3 Å². The van der Waals surface area contributed by atoms with E-state index < -0.39 is 0 Å². The Morgan fingerprint density at radius 1 is 0.972 bits per heavy atom. The van der Waals surface area contributed by atoms with Gasteiger partial charge in [0.25, 0.3) is 5.91 Å². The number of carbonyl (C=O) groups excluding carboxylic acids is 2. The Labute approximate surface area is 208 Å². The number of carbonyl (C=O) groups is 2. The molecule has 36 heavy (non-hydrogen) atoms. The number of fused-ring (bicyclic) bond motifs is 5. The molecule has 2 aromatic heterocycles. The van der Waals surface area contributed by atoms with Gasteiger partial charge in [-0.1, -0.05) is 6.07 Å². The van der Waals surface area contributed by atoms with Crippen LogP contribution in [0.1, 0.15) is 63.1 Å². The quantitative estimate of drug-likeness (QED) is 0.560. The van der Waals surface area contributed by atoms with Crippen molar-refractivity contribution in [3.63, 3.8) is 0 Å². The molecule has 9 nitrogen and oxygen atoms in total. The summed E-state index contributed by atoms with van der Waals surface area (Å²) in [4.78, 5) is 43.0. The maximum atomic E-state index is 13.2. The van der Waals surface area contributed by atoms with Crippen molar-refractivity contribution in [3.05, 3.63) is 87.1 Å². The van der Waals surface area contributed by atoms with Crippen molar-refractivity contribution in [1.29, 1.82) is 0 Å². The molecule has 0 aliphatic carbocycles. The first-order valence-electron chi connectivity index (χ1n) is 12.3. The lowest BCUT2D eigenvalue weighted by atomic mass is 10.1. The van der Waals surface area contributed by atoms with E-state index in [1.165, 1.54) is 6.07 Å². The van der Waals surface area contributed by atoms with Gasteiger partial charge in [0.2, 0.25) is 0 Å². The average Bonchev–Trinajstić information content (AvgIpc) is 3.22. The molecule has 1 N–H and O–H groups in total. The highest BCUT2D eigenvalue weighted by atomic mass is 16.5. The van der Waals surface area contributed by atoms with Gasteiger partial charge < -0.3 is 14.8 Å². The molecule has 2 aliphatic heterocycles. The van der Waals surface area contributed by atoms with Crippen LogP contribution >= 0.6 is 0 Å². The summed E-state index contributed by atoms with van der Waals surface area (Å²) in [5, 5.41) is 7.48. The highest BCUT2D eigenvalue weighted by Crippen LogP contribution is 2.23. The van der Waals surface area contributed by atoms with Gasteiger partial charge in [-0.2, -0.15) is 5.10 Å².